The Kier molecular flexibility index (Phi) is 3.44. The average molecular weight is 330 g/mol. The molecule has 4 rings (SSSR count). The van der Waals surface area contributed by atoms with Crippen LogP contribution in [0.5, 0.6) is 5.75 Å². The minimum Gasteiger partial charge on any atom is -0.405 e. The summed E-state index contributed by atoms with van der Waals surface area (Å²) in [6, 6.07) is 12.9. The molecular weight excluding hydrogens is 313 g/mol. The minimum atomic E-state index is -4.70. The Labute approximate surface area is 138 Å². The smallest absolute Gasteiger partial charge is 0.405 e. The molecule has 1 aliphatic carbocycles. The Morgan fingerprint density at radius 1 is 0.958 bits per heavy atom. The predicted octanol–water partition coefficient (Wildman–Crippen LogP) is 6.33. The van der Waals surface area contributed by atoms with E-state index in [1.54, 1.807) is 18.2 Å². The van der Waals surface area contributed by atoms with Crippen molar-refractivity contribution < 1.29 is 17.9 Å². The summed E-state index contributed by atoms with van der Waals surface area (Å²) in [5.74, 6) is 0.231. The van der Waals surface area contributed by atoms with Crippen molar-refractivity contribution in [3.8, 4) is 5.75 Å². The van der Waals surface area contributed by atoms with Gasteiger partial charge < -0.3 is 4.74 Å². The van der Waals surface area contributed by atoms with E-state index in [0.29, 0.717) is 11.3 Å². The molecule has 0 aliphatic heterocycles. The van der Waals surface area contributed by atoms with Gasteiger partial charge in [0.1, 0.15) is 5.75 Å². The summed E-state index contributed by atoms with van der Waals surface area (Å²) >= 11 is 0. The lowest BCUT2D eigenvalue weighted by Gasteiger charge is -2.25. The number of hydrogen-bond donors (Lipinski definition) is 0. The second kappa shape index (κ2) is 5.40. The van der Waals surface area contributed by atoms with Gasteiger partial charge in [0.25, 0.3) is 0 Å². The zero-order valence-corrected chi connectivity index (χ0v) is 13.3. The highest BCUT2D eigenvalue weighted by Crippen LogP contribution is 2.42. The van der Waals surface area contributed by atoms with E-state index in [-0.39, 0.29) is 5.75 Å². The molecule has 3 aromatic rings. The van der Waals surface area contributed by atoms with Crippen LogP contribution in [0.4, 0.5) is 13.2 Å². The highest BCUT2D eigenvalue weighted by atomic mass is 19.4. The molecule has 0 N–H and O–H groups in total. The number of ether oxygens (including phenoxy) is 1. The van der Waals surface area contributed by atoms with Crippen molar-refractivity contribution >= 4 is 21.5 Å². The van der Waals surface area contributed by atoms with Crippen LogP contribution in [0.2, 0.25) is 0 Å². The Morgan fingerprint density at radius 2 is 1.67 bits per heavy atom. The lowest BCUT2D eigenvalue weighted by molar-refractivity contribution is -0.274. The molecule has 0 amide bonds. The van der Waals surface area contributed by atoms with Gasteiger partial charge in [0.05, 0.1) is 0 Å². The zero-order valence-electron chi connectivity index (χ0n) is 13.3. The molecule has 3 aromatic carbocycles. The Balaban J connectivity index is 2.09. The fourth-order valence-corrected chi connectivity index (χ4v) is 3.97. The average Bonchev–Trinajstić information content (AvgIpc) is 2.53. The molecule has 0 bridgehead atoms. The van der Waals surface area contributed by atoms with Crippen LogP contribution in [-0.4, -0.2) is 6.36 Å². The van der Waals surface area contributed by atoms with Gasteiger partial charge in [-0.25, -0.2) is 0 Å². The fourth-order valence-electron chi connectivity index (χ4n) is 3.97. The van der Waals surface area contributed by atoms with E-state index in [2.05, 4.69) is 17.7 Å². The van der Waals surface area contributed by atoms with E-state index in [1.807, 2.05) is 18.2 Å². The van der Waals surface area contributed by atoms with Crippen LogP contribution >= 0.6 is 0 Å². The van der Waals surface area contributed by atoms with E-state index in [9.17, 15) is 13.2 Å². The van der Waals surface area contributed by atoms with E-state index in [0.717, 1.165) is 35.4 Å². The van der Waals surface area contributed by atoms with Crippen LogP contribution in [0.1, 0.15) is 36.8 Å². The SMILES string of the molecule is CC1CCCc2ccc3c(cc(OC(F)(F)F)c4ccccc43)c21. The summed E-state index contributed by atoms with van der Waals surface area (Å²) in [5, 5.41) is 3.17. The zero-order chi connectivity index (χ0) is 16.9. The van der Waals surface area contributed by atoms with Gasteiger partial charge in [0.15, 0.2) is 0 Å². The van der Waals surface area contributed by atoms with Crippen molar-refractivity contribution in [3.63, 3.8) is 0 Å². The maximum absolute atomic E-state index is 12.9. The lowest BCUT2D eigenvalue weighted by atomic mass is 9.80. The molecule has 1 aliphatic rings. The molecule has 1 nitrogen and oxygen atoms in total. The van der Waals surface area contributed by atoms with Gasteiger partial charge in [-0.2, -0.15) is 0 Å². The van der Waals surface area contributed by atoms with Crippen LogP contribution < -0.4 is 4.74 Å². The van der Waals surface area contributed by atoms with Crippen LogP contribution in [0.15, 0.2) is 42.5 Å². The quantitative estimate of drug-likeness (QED) is 0.474. The van der Waals surface area contributed by atoms with Crippen LogP contribution in [0.25, 0.3) is 21.5 Å². The number of fused-ring (bicyclic) bond motifs is 5. The molecule has 124 valence electrons. The largest absolute Gasteiger partial charge is 0.573 e. The third kappa shape index (κ3) is 2.50. The summed E-state index contributed by atoms with van der Waals surface area (Å²) in [4.78, 5) is 0. The first kappa shape index (κ1) is 15.3. The van der Waals surface area contributed by atoms with Crippen molar-refractivity contribution in [2.75, 3.05) is 0 Å². The van der Waals surface area contributed by atoms with Gasteiger partial charge in [0, 0.05) is 5.39 Å². The number of hydrogen-bond acceptors (Lipinski definition) is 1. The van der Waals surface area contributed by atoms with Crippen LogP contribution in [0, 0.1) is 0 Å². The van der Waals surface area contributed by atoms with Gasteiger partial charge in [-0.05, 0) is 58.5 Å². The van der Waals surface area contributed by atoms with Gasteiger partial charge in [-0.1, -0.05) is 43.3 Å². The lowest BCUT2D eigenvalue weighted by Crippen LogP contribution is -2.17. The van der Waals surface area contributed by atoms with E-state index >= 15 is 0 Å². The van der Waals surface area contributed by atoms with Gasteiger partial charge in [-0.15, -0.1) is 13.2 Å². The summed E-state index contributed by atoms with van der Waals surface area (Å²) < 4.78 is 42.9. The maximum atomic E-state index is 12.9. The van der Waals surface area contributed by atoms with Crippen molar-refractivity contribution in [1.82, 2.24) is 0 Å². The molecule has 0 saturated carbocycles. The summed E-state index contributed by atoms with van der Waals surface area (Å²) in [6.07, 6.45) is -1.53. The molecule has 1 atom stereocenters. The fraction of sp³-hybridized carbons (Fsp3) is 0.300. The number of aryl methyl sites for hydroxylation is 1. The number of halogens is 3. The molecule has 0 fully saturated rings. The first-order chi connectivity index (χ1) is 11.4. The summed E-state index contributed by atoms with van der Waals surface area (Å²) in [6.45, 7) is 2.15. The molecular formula is C20H17F3O. The summed E-state index contributed by atoms with van der Waals surface area (Å²) in [5.41, 5.74) is 2.42. The van der Waals surface area contributed by atoms with E-state index in [1.165, 1.54) is 11.1 Å². The highest BCUT2D eigenvalue weighted by Gasteiger charge is 2.32. The molecule has 24 heavy (non-hydrogen) atoms. The third-order valence-electron chi connectivity index (χ3n) is 4.94. The van der Waals surface area contributed by atoms with Crippen LogP contribution in [0.3, 0.4) is 0 Å². The number of benzene rings is 3. The maximum Gasteiger partial charge on any atom is 0.573 e. The first-order valence-electron chi connectivity index (χ1n) is 8.17. The molecule has 0 radical (unpaired) electrons. The number of rotatable bonds is 1. The first-order valence-corrected chi connectivity index (χ1v) is 8.17. The van der Waals surface area contributed by atoms with E-state index in [4.69, 9.17) is 0 Å². The Morgan fingerprint density at radius 3 is 2.42 bits per heavy atom. The molecule has 1 unspecified atom stereocenters. The van der Waals surface area contributed by atoms with Crippen molar-refractivity contribution in [1.29, 1.82) is 0 Å². The van der Waals surface area contributed by atoms with Crippen molar-refractivity contribution in [3.05, 3.63) is 53.6 Å². The van der Waals surface area contributed by atoms with Gasteiger partial charge in [-0.3, -0.25) is 0 Å². The van der Waals surface area contributed by atoms with Crippen LogP contribution in [-0.2, 0) is 6.42 Å². The van der Waals surface area contributed by atoms with Gasteiger partial charge in [0.2, 0.25) is 0 Å². The standard InChI is InChI=1S/C20H17F3O/c1-12-5-4-6-13-9-10-15-14-7-2-3-8-16(14)18(24-20(21,22)23)11-17(15)19(12)13/h2-3,7-12H,4-6H2,1H3. The Hall–Kier alpha value is -2.23. The molecule has 0 saturated heterocycles. The molecule has 0 aromatic heterocycles. The van der Waals surface area contributed by atoms with Crippen molar-refractivity contribution in [2.24, 2.45) is 0 Å². The number of alkyl halides is 3. The molecule has 0 heterocycles. The normalized spacial score (nSPS) is 17.9. The molecule has 0 spiro atoms. The van der Waals surface area contributed by atoms with Crippen molar-refractivity contribution in [2.45, 2.75) is 38.5 Å². The predicted molar refractivity (Wildman–Crippen MR) is 89.5 cm³/mol. The summed E-state index contributed by atoms with van der Waals surface area (Å²) in [7, 11) is 0. The third-order valence-corrected chi connectivity index (χ3v) is 4.94. The Bertz CT molecular complexity index is 927. The van der Waals surface area contributed by atoms with Gasteiger partial charge >= 0.3 is 6.36 Å². The minimum absolute atomic E-state index is 0.114. The highest BCUT2D eigenvalue weighted by molar-refractivity contribution is 6.11. The monoisotopic (exact) mass is 330 g/mol. The topological polar surface area (TPSA) is 9.23 Å². The second-order valence-electron chi connectivity index (χ2n) is 6.49. The van der Waals surface area contributed by atoms with E-state index < -0.39 is 6.36 Å². The molecule has 4 heteroatoms. The second-order valence-corrected chi connectivity index (χ2v) is 6.49.